The third-order valence-electron chi connectivity index (χ3n) is 3.44. The van der Waals surface area contributed by atoms with Crippen molar-refractivity contribution in [1.82, 2.24) is 0 Å². The molecule has 94 valence electrons. The molecule has 0 radical (unpaired) electrons. The maximum Gasteiger partial charge on any atom is 0.153 e. The van der Waals surface area contributed by atoms with Crippen LogP contribution in [0.1, 0.15) is 18.4 Å². The van der Waals surface area contributed by atoms with Crippen LogP contribution in [0.2, 0.25) is 5.02 Å². The number of nitrogens with two attached hydrogens (primary N) is 1. The van der Waals surface area contributed by atoms with Gasteiger partial charge in [0.25, 0.3) is 0 Å². The van der Waals surface area contributed by atoms with Gasteiger partial charge < -0.3 is 5.73 Å². The predicted octanol–water partition coefficient (Wildman–Crippen LogP) is 1.82. The van der Waals surface area contributed by atoms with Gasteiger partial charge in [0.15, 0.2) is 9.84 Å². The first-order valence-corrected chi connectivity index (χ1v) is 7.77. The topological polar surface area (TPSA) is 60.2 Å². The Kier molecular flexibility index (Phi) is 3.48. The van der Waals surface area contributed by atoms with Gasteiger partial charge in [0.2, 0.25) is 0 Å². The quantitative estimate of drug-likeness (QED) is 0.910. The van der Waals surface area contributed by atoms with E-state index in [9.17, 15) is 8.42 Å². The Labute approximate surface area is 107 Å². The summed E-state index contributed by atoms with van der Waals surface area (Å²) < 4.78 is 23.8. The molecular weight excluding hydrogens is 258 g/mol. The fourth-order valence-corrected chi connectivity index (χ4v) is 4.47. The molecule has 3 nitrogen and oxygen atoms in total. The van der Waals surface area contributed by atoms with E-state index in [1.165, 1.54) is 0 Å². The number of sulfone groups is 1. The van der Waals surface area contributed by atoms with Crippen molar-refractivity contribution in [2.75, 3.05) is 12.3 Å². The first-order chi connectivity index (χ1) is 8.01. The second-order valence-corrected chi connectivity index (χ2v) is 7.28. The molecule has 3 atom stereocenters. The maximum absolute atomic E-state index is 11.9. The summed E-state index contributed by atoms with van der Waals surface area (Å²) in [7, 11) is -3.01. The summed E-state index contributed by atoms with van der Waals surface area (Å²) in [5.74, 6) is 0.279. The molecule has 0 spiro atoms. The molecule has 0 aliphatic heterocycles. The zero-order chi connectivity index (χ0) is 12.6. The monoisotopic (exact) mass is 273 g/mol. The zero-order valence-corrected chi connectivity index (χ0v) is 11.2. The molecule has 0 aromatic heterocycles. The third-order valence-corrected chi connectivity index (χ3v) is 5.97. The van der Waals surface area contributed by atoms with Crippen LogP contribution in [-0.2, 0) is 9.84 Å². The van der Waals surface area contributed by atoms with Crippen LogP contribution in [0.5, 0.6) is 0 Å². The van der Waals surface area contributed by atoms with Crippen molar-refractivity contribution in [3.63, 3.8) is 0 Å². The summed E-state index contributed by atoms with van der Waals surface area (Å²) >= 11 is 5.82. The average molecular weight is 274 g/mol. The Hall–Kier alpha value is -0.580. The van der Waals surface area contributed by atoms with Crippen molar-refractivity contribution in [2.45, 2.75) is 18.1 Å². The van der Waals surface area contributed by atoms with Gasteiger partial charge in [0.05, 0.1) is 5.25 Å². The van der Waals surface area contributed by atoms with Gasteiger partial charge in [-0.3, -0.25) is 0 Å². The Bertz CT molecular complexity index is 498. The van der Waals surface area contributed by atoms with Crippen LogP contribution in [0.25, 0.3) is 0 Å². The Morgan fingerprint density at radius 2 is 1.88 bits per heavy atom. The molecule has 0 unspecified atom stereocenters. The fraction of sp³-hybridized carbons (Fsp3) is 0.500. The van der Waals surface area contributed by atoms with Crippen molar-refractivity contribution in [3.8, 4) is 0 Å². The second-order valence-electron chi connectivity index (χ2n) is 4.39. The molecule has 1 aliphatic rings. The summed E-state index contributed by atoms with van der Waals surface area (Å²) in [4.78, 5) is 0. The first-order valence-electron chi connectivity index (χ1n) is 5.68. The highest BCUT2D eigenvalue weighted by atomic mass is 35.5. The van der Waals surface area contributed by atoms with Crippen LogP contribution in [0.15, 0.2) is 24.3 Å². The minimum atomic E-state index is -3.01. The van der Waals surface area contributed by atoms with E-state index in [0.29, 0.717) is 11.6 Å². The number of benzene rings is 1. The minimum absolute atomic E-state index is 0.0437. The standard InChI is InChI=1S/C12H16ClNO2S/c1-2-17(15,16)12-10(7-14)11(12)8-3-5-9(13)6-4-8/h3-6,10-12H,2,7,14H2,1H3/t10-,11+,12+/m0/s1. The van der Waals surface area contributed by atoms with Crippen molar-refractivity contribution in [2.24, 2.45) is 11.7 Å². The van der Waals surface area contributed by atoms with Crippen LogP contribution in [0, 0.1) is 5.92 Å². The Balaban J connectivity index is 2.26. The number of hydrogen-bond acceptors (Lipinski definition) is 3. The predicted molar refractivity (Wildman–Crippen MR) is 70.0 cm³/mol. The highest BCUT2D eigenvalue weighted by Crippen LogP contribution is 2.51. The van der Waals surface area contributed by atoms with Crippen molar-refractivity contribution < 1.29 is 8.42 Å². The van der Waals surface area contributed by atoms with Gasteiger partial charge in [-0.15, -0.1) is 0 Å². The molecule has 2 N–H and O–H groups in total. The largest absolute Gasteiger partial charge is 0.330 e. The van der Waals surface area contributed by atoms with Gasteiger partial charge in [-0.1, -0.05) is 30.7 Å². The number of halogens is 1. The SMILES string of the molecule is CCS(=O)(=O)[C@@H]1[C@@H](CN)[C@H]1c1ccc(Cl)cc1. The highest BCUT2D eigenvalue weighted by Gasteiger charge is 2.56. The molecule has 0 heterocycles. The molecule has 1 saturated carbocycles. The lowest BCUT2D eigenvalue weighted by Gasteiger charge is -2.00. The molecule has 1 aliphatic carbocycles. The third kappa shape index (κ3) is 2.34. The van der Waals surface area contributed by atoms with Gasteiger partial charge in [0.1, 0.15) is 0 Å². The van der Waals surface area contributed by atoms with Crippen molar-refractivity contribution >= 4 is 21.4 Å². The van der Waals surface area contributed by atoms with E-state index < -0.39 is 9.84 Å². The molecular formula is C12H16ClNO2S. The minimum Gasteiger partial charge on any atom is -0.330 e. The van der Waals surface area contributed by atoms with Gasteiger partial charge in [-0.25, -0.2) is 8.42 Å². The van der Waals surface area contributed by atoms with Crippen LogP contribution < -0.4 is 5.73 Å². The van der Waals surface area contributed by atoms with Crippen molar-refractivity contribution in [1.29, 1.82) is 0 Å². The fourth-order valence-electron chi connectivity index (χ4n) is 2.43. The lowest BCUT2D eigenvalue weighted by molar-refractivity contribution is 0.593. The smallest absolute Gasteiger partial charge is 0.153 e. The van der Waals surface area contributed by atoms with Crippen LogP contribution in [-0.4, -0.2) is 26.0 Å². The van der Waals surface area contributed by atoms with Crippen LogP contribution in [0.4, 0.5) is 0 Å². The summed E-state index contributed by atoms with van der Waals surface area (Å²) in [5.41, 5.74) is 6.66. The van der Waals surface area contributed by atoms with Crippen molar-refractivity contribution in [3.05, 3.63) is 34.9 Å². The van der Waals surface area contributed by atoms with E-state index in [0.717, 1.165) is 5.56 Å². The molecule has 0 amide bonds. The molecule has 17 heavy (non-hydrogen) atoms. The molecule has 0 saturated heterocycles. The first kappa shape index (κ1) is 12.9. The number of rotatable bonds is 4. The molecule has 1 aromatic carbocycles. The lowest BCUT2D eigenvalue weighted by atomic mass is 10.1. The summed E-state index contributed by atoms with van der Waals surface area (Å²) in [6.07, 6.45) is 0. The molecule has 1 fully saturated rings. The molecule has 1 aromatic rings. The highest BCUT2D eigenvalue weighted by molar-refractivity contribution is 7.92. The van der Waals surface area contributed by atoms with E-state index in [1.54, 1.807) is 19.1 Å². The molecule has 2 rings (SSSR count). The summed E-state index contributed by atoms with van der Waals surface area (Å²) in [5, 5.41) is 0.354. The maximum atomic E-state index is 11.9. The Morgan fingerprint density at radius 1 is 1.29 bits per heavy atom. The van der Waals surface area contributed by atoms with Crippen LogP contribution >= 0.6 is 11.6 Å². The van der Waals surface area contributed by atoms with Gasteiger partial charge >= 0.3 is 0 Å². The lowest BCUT2D eigenvalue weighted by Crippen LogP contribution is -2.15. The summed E-state index contributed by atoms with van der Waals surface area (Å²) in [6.45, 7) is 2.09. The number of hydrogen-bond donors (Lipinski definition) is 1. The van der Waals surface area contributed by atoms with E-state index in [4.69, 9.17) is 17.3 Å². The van der Waals surface area contributed by atoms with Gasteiger partial charge in [-0.05, 0) is 30.2 Å². The van der Waals surface area contributed by atoms with Gasteiger partial charge in [-0.2, -0.15) is 0 Å². The summed E-state index contributed by atoms with van der Waals surface area (Å²) in [6, 6.07) is 7.36. The van der Waals surface area contributed by atoms with Gasteiger partial charge in [0, 0.05) is 16.7 Å². The van der Waals surface area contributed by atoms with E-state index in [-0.39, 0.29) is 22.8 Å². The van der Waals surface area contributed by atoms with E-state index >= 15 is 0 Å². The molecule has 0 bridgehead atoms. The van der Waals surface area contributed by atoms with E-state index in [1.807, 2.05) is 12.1 Å². The van der Waals surface area contributed by atoms with E-state index in [2.05, 4.69) is 0 Å². The zero-order valence-electron chi connectivity index (χ0n) is 9.64. The second kappa shape index (κ2) is 4.59. The Morgan fingerprint density at radius 3 is 2.35 bits per heavy atom. The molecule has 5 heteroatoms. The van der Waals surface area contributed by atoms with Crippen LogP contribution in [0.3, 0.4) is 0 Å². The normalized spacial score (nSPS) is 28.1. The average Bonchev–Trinajstić information content (AvgIpc) is 3.05.